The quantitative estimate of drug-likeness (QED) is 0.332. The van der Waals surface area contributed by atoms with E-state index in [1.807, 2.05) is 0 Å². The summed E-state index contributed by atoms with van der Waals surface area (Å²) in [5.74, 6) is 0. The molecule has 1 aromatic heterocycles. The molecule has 0 aliphatic rings. The summed E-state index contributed by atoms with van der Waals surface area (Å²) in [7, 11) is -9.69. The van der Waals surface area contributed by atoms with E-state index in [0.29, 0.717) is 0 Å². The Hall–Kier alpha value is -0.233. The van der Waals surface area contributed by atoms with Gasteiger partial charge in [-0.2, -0.15) is 8.42 Å². The molecule has 0 aliphatic carbocycles. The second-order valence-corrected chi connectivity index (χ2v) is 8.27. The Morgan fingerprint density at radius 1 is 1.36 bits per heavy atom. The van der Waals surface area contributed by atoms with Crippen LogP contribution in [0.15, 0.2) is 24.5 Å². The fraction of sp³-hybridized carbons (Fsp3) is 0.545. The number of hydrogen-bond donors (Lipinski definition) is 2. The smallest absolute Gasteiger partial charge is 1.00 e. The van der Waals surface area contributed by atoms with Crippen LogP contribution in [0.1, 0.15) is 20.8 Å². The molecule has 122 valence electrons. The Labute approximate surface area is 143 Å². The van der Waals surface area contributed by atoms with Gasteiger partial charge < -0.3 is 15.6 Å². The predicted molar refractivity (Wildman–Crippen MR) is 76.4 cm³/mol. The molecule has 22 heavy (non-hydrogen) atoms. The summed E-state index contributed by atoms with van der Waals surface area (Å²) in [5.41, 5.74) is 0.247. The number of pyridine rings is 1. The molecule has 0 saturated carbocycles. The molecule has 0 radical (unpaired) electrons. The van der Waals surface area contributed by atoms with E-state index in [-0.39, 0.29) is 39.1 Å². The third-order valence-electron chi connectivity index (χ3n) is 2.60. The molecular weight excluding hydrogens is 328 g/mol. The monoisotopic (exact) mass is 347 g/mol. The molecule has 1 atom stereocenters. The Bertz CT molecular complexity index is 608. The van der Waals surface area contributed by atoms with Crippen LogP contribution in [0.4, 0.5) is 0 Å². The van der Waals surface area contributed by atoms with Crippen LogP contribution in [0, 0.1) is 0 Å². The summed E-state index contributed by atoms with van der Waals surface area (Å²) < 4.78 is 51.8. The van der Waals surface area contributed by atoms with Gasteiger partial charge in [-0.15, -0.1) is 0 Å². The molecule has 0 fully saturated rings. The van der Waals surface area contributed by atoms with E-state index in [2.05, 4.69) is 4.98 Å². The van der Waals surface area contributed by atoms with Gasteiger partial charge in [-0.3, -0.25) is 14.1 Å². The third-order valence-corrected chi connectivity index (χ3v) is 7.14. The fourth-order valence-electron chi connectivity index (χ4n) is 1.68. The maximum absolute atomic E-state index is 12.6. The maximum atomic E-state index is 12.6. The van der Waals surface area contributed by atoms with Gasteiger partial charge in [-0.1, -0.05) is 6.07 Å². The van der Waals surface area contributed by atoms with Crippen molar-refractivity contribution in [3.63, 3.8) is 0 Å². The summed E-state index contributed by atoms with van der Waals surface area (Å²) >= 11 is 0. The summed E-state index contributed by atoms with van der Waals surface area (Å²) in [6.45, 7) is 2.59. The molecule has 1 aromatic rings. The third kappa shape index (κ3) is 4.63. The molecule has 1 unspecified atom stereocenters. The Morgan fingerprint density at radius 3 is 2.27 bits per heavy atom. The summed E-state index contributed by atoms with van der Waals surface area (Å²) in [6, 6.07) is 2.97. The summed E-state index contributed by atoms with van der Waals surface area (Å²) in [4.78, 5) is 3.77. The SMILES string of the molecule is CCOP(=O)(OCC)C(O)(Cc1cccnc1)S(=O)(=O)O.[H-].[Li+]. The molecule has 0 bridgehead atoms. The van der Waals surface area contributed by atoms with Crippen LogP contribution < -0.4 is 18.9 Å². The molecule has 0 saturated heterocycles. The molecular formula is C11H19LiNO7PS. The van der Waals surface area contributed by atoms with Gasteiger partial charge in [-0.05, 0) is 25.5 Å². The van der Waals surface area contributed by atoms with E-state index >= 15 is 0 Å². The van der Waals surface area contributed by atoms with Gasteiger partial charge in [0.25, 0.3) is 4.67 Å². The average molecular weight is 347 g/mol. The minimum absolute atomic E-state index is 0. The maximum Gasteiger partial charge on any atom is 1.00 e. The van der Waals surface area contributed by atoms with Gasteiger partial charge in [0, 0.05) is 18.8 Å². The van der Waals surface area contributed by atoms with Crippen LogP contribution in [0.2, 0.25) is 0 Å². The summed E-state index contributed by atoms with van der Waals surface area (Å²) in [5, 5.41) is 10.4. The largest absolute Gasteiger partial charge is 1.00 e. The molecule has 0 amide bonds. The van der Waals surface area contributed by atoms with Crippen molar-refractivity contribution >= 4 is 17.7 Å². The molecule has 0 aromatic carbocycles. The fourth-order valence-corrected chi connectivity index (χ4v) is 5.01. The Kier molecular flexibility index (Phi) is 8.48. The number of hydrogen-bond acceptors (Lipinski definition) is 7. The van der Waals surface area contributed by atoms with E-state index in [1.165, 1.54) is 38.4 Å². The zero-order valence-corrected chi connectivity index (χ0v) is 14.4. The van der Waals surface area contributed by atoms with Crippen LogP contribution >= 0.6 is 7.60 Å². The zero-order valence-electron chi connectivity index (χ0n) is 13.7. The van der Waals surface area contributed by atoms with E-state index in [0.717, 1.165) is 0 Å². The van der Waals surface area contributed by atoms with Crippen molar-refractivity contribution in [2.45, 2.75) is 24.9 Å². The number of aliphatic hydroxyl groups is 1. The topological polar surface area (TPSA) is 123 Å². The minimum atomic E-state index is -5.15. The van der Waals surface area contributed by atoms with Crippen LogP contribution in [0.25, 0.3) is 0 Å². The van der Waals surface area contributed by atoms with Crippen molar-refractivity contribution in [3.8, 4) is 0 Å². The molecule has 11 heteroatoms. The van der Waals surface area contributed by atoms with E-state index < -0.39 is 28.8 Å². The first kappa shape index (κ1) is 21.8. The molecule has 0 spiro atoms. The number of aromatic nitrogens is 1. The van der Waals surface area contributed by atoms with Crippen LogP contribution in [-0.4, -0.2) is 40.9 Å². The Balaban J connectivity index is 0. The van der Waals surface area contributed by atoms with Crippen molar-refractivity contribution in [2.24, 2.45) is 0 Å². The van der Waals surface area contributed by atoms with E-state index in [4.69, 9.17) is 9.05 Å². The Morgan fingerprint density at radius 2 is 1.91 bits per heavy atom. The standard InChI is InChI=1S/C11H18NO7PS.Li.H/c1-3-18-20(14,19-4-2)11(13,21(15,16)17)8-10-6-5-7-12-9-10;;/h5-7,9,13H,3-4,8H2,1-2H3,(H,15,16,17);;/q;+1;-1. The van der Waals surface area contributed by atoms with Crippen LogP contribution in [0.5, 0.6) is 0 Å². The first-order chi connectivity index (χ1) is 9.70. The van der Waals surface area contributed by atoms with Gasteiger partial charge in [0.05, 0.1) is 13.2 Å². The van der Waals surface area contributed by atoms with Crippen molar-refractivity contribution in [1.29, 1.82) is 0 Å². The summed E-state index contributed by atoms with van der Waals surface area (Å²) in [6.07, 6.45) is 2.04. The van der Waals surface area contributed by atoms with Gasteiger partial charge in [-0.25, -0.2) is 0 Å². The predicted octanol–water partition coefficient (Wildman–Crippen LogP) is -1.46. The second-order valence-electron chi connectivity index (χ2n) is 4.09. The first-order valence-corrected chi connectivity index (χ1v) is 9.16. The van der Waals surface area contributed by atoms with Gasteiger partial charge >= 0.3 is 36.6 Å². The number of nitrogens with zero attached hydrogens (tertiary/aromatic N) is 1. The van der Waals surface area contributed by atoms with Crippen LogP contribution in [0.3, 0.4) is 0 Å². The molecule has 1 heterocycles. The number of rotatable bonds is 8. The molecule has 1 rings (SSSR count). The first-order valence-electron chi connectivity index (χ1n) is 6.17. The van der Waals surface area contributed by atoms with Gasteiger partial charge in [0.1, 0.15) is 0 Å². The van der Waals surface area contributed by atoms with Crippen molar-refractivity contribution in [2.75, 3.05) is 13.2 Å². The second kappa shape index (κ2) is 8.57. The van der Waals surface area contributed by atoms with Crippen molar-refractivity contribution < 1.29 is 52.0 Å². The van der Waals surface area contributed by atoms with E-state index in [9.17, 15) is 22.6 Å². The minimum Gasteiger partial charge on any atom is -1.00 e. The molecule has 2 N–H and O–H groups in total. The van der Waals surface area contributed by atoms with Crippen molar-refractivity contribution in [1.82, 2.24) is 4.98 Å². The molecule has 8 nitrogen and oxygen atoms in total. The van der Waals surface area contributed by atoms with E-state index in [1.54, 1.807) is 0 Å². The zero-order chi connectivity index (χ0) is 16.1. The van der Waals surface area contributed by atoms with Gasteiger partial charge in [0.15, 0.2) is 0 Å². The van der Waals surface area contributed by atoms with Crippen LogP contribution in [-0.2, 0) is 30.2 Å². The van der Waals surface area contributed by atoms with Gasteiger partial charge in [0.2, 0.25) is 0 Å². The normalized spacial score (nSPS) is 14.9. The van der Waals surface area contributed by atoms with Crippen molar-refractivity contribution in [3.05, 3.63) is 30.1 Å². The average Bonchev–Trinajstić information content (AvgIpc) is 2.39. The molecule has 0 aliphatic heterocycles.